The highest BCUT2D eigenvalue weighted by molar-refractivity contribution is 6.32. The van der Waals surface area contributed by atoms with Crippen LogP contribution in [0, 0.1) is 0 Å². The Hall–Kier alpha value is -3.18. The molecule has 3 aromatic carbocycles. The van der Waals surface area contributed by atoms with Crippen LogP contribution in [0.15, 0.2) is 24.3 Å². The number of carboxylic acids is 1. The Morgan fingerprint density at radius 3 is 2.06 bits per heavy atom. The summed E-state index contributed by atoms with van der Waals surface area (Å²) in [5, 5.41) is 10.6. The summed E-state index contributed by atoms with van der Waals surface area (Å²) in [6, 6.07) is 6.86. The summed E-state index contributed by atoms with van der Waals surface area (Å²) < 4.78 is 6.68. The molecule has 0 atom stereocenters. The maximum Gasteiger partial charge on any atom is 0.336 e. The zero-order valence-corrected chi connectivity index (χ0v) is 20.9. The number of nitrogens with two attached hydrogens (primary N) is 2. The van der Waals surface area contributed by atoms with Crippen LogP contribution >= 0.6 is 11.6 Å². The van der Waals surface area contributed by atoms with E-state index in [1.54, 1.807) is 24.3 Å². The van der Waals surface area contributed by atoms with E-state index in [4.69, 9.17) is 27.8 Å². The standard InChI is InChI=1S/C28H31ClN2O3/c1-5-14-15(6-2)23(29)21-13-20-22(18-11-9-10-12-19(18)28(32)33)25(31)24(30)17(8-4)27(20)34-26(21)16(14)7-3/h9-12H,5-8,13,30-31H2,1-4H3,(H,32,33). The molecule has 0 bridgehead atoms. The third kappa shape index (κ3) is 3.50. The van der Waals surface area contributed by atoms with Crippen LogP contribution in [0.2, 0.25) is 5.02 Å². The van der Waals surface area contributed by atoms with Gasteiger partial charge in [-0.15, -0.1) is 0 Å². The maximum atomic E-state index is 12.0. The van der Waals surface area contributed by atoms with Crippen LogP contribution in [-0.2, 0) is 32.1 Å². The molecule has 3 aromatic rings. The number of ether oxygens (including phenoxy) is 1. The maximum absolute atomic E-state index is 12.0. The summed E-state index contributed by atoms with van der Waals surface area (Å²) in [5.74, 6) is 0.463. The second-order valence-corrected chi connectivity index (χ2v) is 8.97. The van der Waals surface area contributed by atoms with Gasteiger partial charge in [0.05, 0.1) is 22.0 Å². The highest BCUT2D eigenvalue weighted by atomic mass is 35.5. The number of rotatable bonds is 6. The second kappa shape index (κ2) is 9.22. The van der Waals surface area contributed by atoms with E-state index in [1.807, 2.05) is 6.92 Å². The third-order valence-electron chi connectivity index (χ3n) is 6.94. The number of aromatic carboxylic acids is 1. The first-order valence-corrected chi connectivity index (χ1v) is 12.3. The molecule has 0 amide bonds. The van der Waals surface area contributed by atoms with Gasteiger partial charge < -0.3 is 21.3 Å². The van der Waals surface area contributed by atoms with Crippen molar-refractivity contribution in [1.82, 2.24) is 0 Å². The number of benzene rings is 3. The Balaban J connectivity index is 2.10. The SMILES string of the molecule is CCc1c(Cl)c2c(c(CC)c1CC)Oc1c(CC)c(N)c(N)c(-c3ccccc3C(=O)O)c1C2. The van der Waals surface area contributed by atoms with Crippen LogP contribution in [0.5, 0.6) is 11.5 Å². The molecule has 5 N–H and O–H groups in total. The first-order valence-electron chi connectivity index (χ1n) is 11.9. The van der Waals surface area contributed by atoms with E-state index >= 15 is 0 Å². The van der Waals surface area contributed by atoms with Gasteiger partial charge in [-0.1, -0.05) is 57.5 Å². The molecule has 0 unspecified atom stereocenters. The number of carbonyl (C=O) groups is 1. The van der Waals surface area contributed by atoms with Crippen molar-refractivity contribution in [3.63, 3.8) is 0 Å². The van der Waals surface area contributed by atoms with E-state index in [2.05, 4.69) is 20.8 Å². The Morgan fingerprint density at radius 2 is 1.47 bits per heavy atom. The molecule has 0 fully saturated rings. The van der Waals surface area contributed by atoms with E-state index in [1.165, 1.54) is 11.1 Å². The molecule has 1 aliphatic rings. The predicted molar refractivity (Wildman–Crippen MR) is 140 cm³/mol. The Morgan fingerprint density at radius 1 is 0.882 bits per heavy atom. The fraction of sp³-hybridized carbons (Fsp3) is 0.321. The van der Waals surface area contributed by atoms with Gasteiger partial charge in [-0.25, -0.2) is 4.79 Å². The van der Waals surface area contributed by atoms with E-state index in [-0.39, 0.29) is 5.56 Å². The summed E-state index contributed by atoms with van der Waals surface area (Å²) in [5.41, 5.74) is 21.4. The summed E-state index contributed by atoms with van der Waals surface area (Å²) >= 11 is 7.00. The summed E-state index contributed by atoms with van der Waals surface area (Å²) in [7, 11) is 0. The van der Waals surface area contributed by atoms with Crippen LogP contribution in [0.3, 0.4) is 0 Å². The number of halogens is 1. The van der Waals surface area contributed by atoms with Crippen molar-refractivity contribution in [2.45, 2.75) is 59.8 Å². The van der Waals surface area contributed by atoms with Gasteiger partial charge in [-0.3, -0.25) is 0 Å². The lowest BCUT2D eigenvalue weighted by Gasteiger charge is -2.31. The molecule has 5 nitrogen and oxygen atoms in total. The largest absolute Gasteiger partial charge is 0.478 e. The van der Waals surface area contributed by atoms with Gasteiger partial charge in [0.25, 0.3) is 0 Å². The van der Waals surface area contributed by atoms with Crippen LogP contribution < -0.4 is 16.2 Å². The van der Waals surface area contributed by atoms with Crippen molar-refractivity contribution in [3.8, 4) is 22.6 Å². The molecular weight excluding hydrogens is 448 g/mol. The topological polar surface area (TPSA) is 98.6 Å². The average molecular weight is 479 g/mol. The molecule has 0 saturated heterocycles. The smallest absolute Gasteiger partial charge is 0.336 e. The quantitative estimate of drug-likeness (QED) is 0.264. The Kier molecular flexibility index (Phi) is 6.50. The number of hydrogen-bond donors (Lipinski definition) is 3. The van der Waals surface area contributed by atoms with Crippen LogP contribution in [0.4, 0.5) is 11.4 Å². The number of nitrogen functional groups attached to an aromatic ring is 2. The van der Waals surface area contributed by atoms with Crippen molar-refractivity contribution in [2.75, 3.05) is 11.5 Å². The third-order valence-corrected chi connectivity index (χ3v) is 7.40. The molecule has 0 aliphatic carbocycles. The Labute approximate surface area is 205 Å². The number of hydrogen-bond acceptors (Lipinski definition) is 4. The van der Waals surface area contributed by atoms with Gasteiger partial charge in [-0.05, 0) is 54.0 Å². The normalized spacial score (nSPS) is 12.1. The molecule has 0 saturated carbocycles. The van der Waals surface area contributed by atoms with Crippen molar-refractivity contribution in [3.05, 3.63) is 68.2 Å². The van der Waals surface area contributed by atoms with Gasteiger partial charge in [-0.2, -0.15) is 0 Å². The number of anilines is 2. The molecule has 6 heteroatoms. The lowest BCUT2D eigenvalue weighted by Crippen LogP contribution is -2.16. The van der Waals surface area contributed by atoms with Gasteiger partial charge in [0, 0.05) is 28.7 Å². The minimum absolute atomic E-state index is 0.168. The average Bonchev–Trinajstić information content (AvgIpc) is 2.84. The molecule has 178 valence electrons. The lowest BCUT2D eigenvalue weighted by molar-refractivity contribution is 0.0697. The highest BCUT2D eigenvalue weighted by Gasteiger charge is 2.33. The fourth-order valence-electron chi connectivity index (χ4n) is 5.36. The van der Waals surface area contributed by atoms with E-state index in [0.717, 1.165) is 52.3 Å². The highest BCUT2D eigenvalue weighted by Crippen LogP contribution is 2.53. The molecule has 34 heavy (non-hydrogen) atoms. The number of carboxylic acid groups (broad SMARTS) is 1. The first-order chi connectivity index (χ1) is 16.3. The monoisotopic (exact) mass is 478 g/mol. The Bertz CT molecular complexity index is 1310. The lowest BCUT2D eigenvalue weighted by atomic mass is 9.83. The van der Waals surface area contributed by atoms with Crippen LogP contribution in [-0.4, -0.2) is 11.1 Å². The molecule has 1 aliphatic heterocycles. The van der Waals surface area contributed by atoms with Gasteiger partial charge in [0.1, 0.15) is 11.5 Å². The van der Waals surface area contributed by atoms with Crippen molar-refractivity contribution in [2.24, 2.45) is 0 Å². The van der Waals surface area contributed by atoms with Crippen LogP contribution in [0.1, 0.15) is 71.4 Å². The zero-order valence-electron chi connectivity index (χ0n) is 20.1. The fourth-order valence-corrected chi connectivity index (χ4v) is 5.76. The van der Waals surface area contributed by atoms with Crippen LogP contribution in [0.25, 0.3) is 11.1 Å². The molecule has 1 heterocycles. The first kappa shape index (κ1) is 24.0. The van der Waals surface area contributed by atoms with E-state index < -0.39 is 5.97 Å². The molecule has 0 aromatic heterocycles. The van der Waals surface area contributed by atoms with Crippen molar-refractivity contribution >= 4 is 28.9 Å². The number of fused-ring (bicyclic) bond motifs is 2. The van der Waals surface area contributed by atoms with Gasteiger partial charge in [0.2, 0.25) is 0 Å². The molecule has 4 rings (SSSR count). The van der Waals surface area contributed by atoms with E-state index in [0.29, 0.717) is 41.1 Å². The van der Waals surface area contributed by atoms with Gasteiger partial charge in [0.15, 0.2) is 0 Å². The zero-order chi connectivity index (χ0) is 24.7. The second-order valence-electron chi connectivity index (χ2n) is 8.59. The van der Waals surface area contributed by atoms with E-state index in [9.17, 15) is 9.90 Å². The predicted octanol–water partition coefficient (Wildman–Crippen LogP) is 6.82. The summed E-state index contributed by atoms with van der Waals surface area (Å²) in [6.45, 7) is 8.41. The van der Waals surface area contributed by atoms with Crippen molar-refractivity contribution < 1.29 is 14.6 Å². The molecular formula is C28H31ClN2O3. The summed E-state index contributed by atoms with van der Waals surface area (Å²) in [4.78, 5) is 12.0. The molecule has 0 spiro atoms. The van der Waals surface area contributed by atoms with Gasteiger partial charge >= 0.3 is 5.97 Å². The minimum Gasteiger partial charge on any atom is -0.478 e. The molecule has 0 radical (unpaired) electrons. The van der Waals surface area contributed by atoms with Crippen molar-refractivity contribution in [1.29, 1.82) is 0 Å². The minimum atomic E-state index is -1.02. The summed E-state index contributed by atoms with van der Waals surface area (Å²) in [6.07, 6.45) is 3.66.